The minimum absolute atomic E-state index is 0.0470. The van der Waals surface area contributed by atoms with Gasteiger partial charge in [0, 0.05) is 18.2 Å². The highest BCUT2D eigenvalue weighted by molar-refractivity contribution is 7.92. The van der Waals surface area contributed by atoms with Crippen molar-refractivity contribution < 1.29 is 22.4 Å². The van der Waals surface area contributed by atoms with Gasteiger partial charge in [0.15, 0.2) is 0 Å². The van der Waals surface area contributed by atoms with Crippen molar-refractivity contribution in [2.45, 2.75) is 11.8 Å². The summed E-state index contributed by atoms with van der Waals surface area (Å²) in [6.07, 6.45) is 0. The average molecular weight is 351 g/mol. The maximum Gasteiger partial charge on any atom is 0.269 e. The van der Waals surface area contributed by atoms with Gasteiger partial charge in [-0.3, -0.25) is 25.2 Å². The van der Waals surface area contributed by atoms with E-state index in [4.69, 9.17) is 0 Å². The van der Waals surface area contributed by atoms with Crippen LogP contribution in [0.1, 0.15) is 17.3 Å². The van der Waals surface area contributed by atoms with Crippen LogP contribution >= 0.6 is 0 Å². The lowest BCUT2D eigenvalue weighted by molar-refractivity contribution is -0.119. The van der Waals surface area contributed by atoms with Gasteiger partial charge in [0.1, 0.15) is 5.82 Å². The molecule has 0 spiro atoms. The lowest BCUT2D eigenvalue weighted by Gasteiger charge is -2.10. The molecule has 0 aromatic heterocycles. The van der Waals surface area contributed by atoms with Gasteiger partial charge in [-0.15, -0.1) is 0 Å². The third-order valence-electron chi connectivity index (χ3n) is 2.86. The van der Waals surface area contributed by atoms with Crippen LogP contribution in [0.2, 0.25) is 0 Å². The number of carbonyl (C=O) groups is 2. The lowest BCUT2D eigenvalue weighted by Crippen LogP contribution is -2.40. The van der Waals surface area contributed by atoms with Crippen molar-refractivity contribution in [1.29, 1.82) is 0 Å². The van der Waals surface area contributed by atoms with Gasteiger partial charge in [-0.05, 0) is 42.5 Å². The third kappa shape index (κ3) is 4.53. The van der Waals surface area contributed by atoms with Gasteiger partial charge in [0.05, 0.1) is 4.90 Å². The lowest BCUT2D eigenvalue weighted by atomic mass is 10.2. The third-order valence-corrected chi connectivity index (χ3v) is 4.23. The number of sulfonamides is 1. The summed E-state index contributed by atoms with van der Waals surface area (Å²) in [6.45, 7) is 1.22. The van der Waals surface area contributed by atoms with Crippen LogP contribution in [0, 0.1) is 5.82 Å². The molecule has 2 amide bonds. The first-order valence-corrected chi connectivity index (χ1v) is 8.21. The van der Waals surface area contributed by atoms with Gasteiger partial charge in [0.25, 0.3) is 15.9 Å². The summed E-state index contributed by atoms with van der Waals surface area (Å²) in [6, 6.07) is 10.0. The summed E-state index contributed by atoms with van der Waals surface area (Å²) in [5.41, 5.74) is 4.48. The van der Waals surface area contributed by atoms with Crippen molar-refractivity contribution in [3.8, 4) is 0 Å². The molecule has 0 radical (unpaired) electrons. The van der Waals surface area contributed by atoms with Gasteiger partial charge >= 0.3 is 0 Å². The first-order valence-electron chi connectivity index (χ1n) is 6.73. The standard InChI is InChI=1S/C15H14FN3O4S/c1-10(20)17-18-15(21)11-3-2-4-14(9-11)24(22,23)19-13-7-5-12(16)6-8-13/h2-9,19H,1H3,(H,17,20)(H,18,21). The van der Waals surface area contributed by atoms with Gasteiger partial charge < -0.3 is 0 Å². The Kier molecular flexibility index (Phi) is 5.14. The summed E-state index contributed by atoms with van der Waals surface area (Å²) in [4.78, 5) is 22.5. The molecule has 2 aromatic rings. The molecule has 0 heterocycles. The number of benzene rings is 2. The number of rotatable bonds is 4. The Hall–Kier alpha value is -2.94. The van der Waals surface area contributed by atoms with Gasteiger partial charge in [-0.1, -0.05) is 6.07 Å². The highest BCUT2D eigenvalue weighted by Crippen LogP contribution is 2.17. The molecule has 0 aliphatic rings. The van der Waals surface area contributed by atoms with E-state index in [1.807, 2.05) is 0 Å². The van der Waals surface area contributed by atoms with Gasteiger partial charge in [-0.25, -0.2) is 12.8 Å². The number of nitrogens with one attached hydrogen (secondary N) is 3. The Labute approximate surface area is 137 Å². The maximum atomic E-state index is 12.9. The van der Waals surface area contributed by atoms with E-state index >= 15 is 0 Å². The SMILES string of the molecule is CC(=O)NNC(=O)c1cccc(S(=O)(=O)Nc2ccc(F)cc2)c1. The average Bonchev–Trinajstić information content (AvgIpc) is 2.54. The highest BCUT2D eigenvalue weighted by Gasteiger charge is 2.16. The molecule has 24 heavy (non-hydrogen) atoms. The van der Waals surface area contributed by atoms with E-state index in [0.717, 1.165) is 18.2 Å². The monoisotopic (exact) mass is 351 g/mol. The summed E-state index contributed by atoms with van der Waals surface area (Å²) in [5, 5.41) is 0. The number of carbonyl (C=O) groups excluding carboxylic acids is 2. The fourth-order valence-electron chi connectivity index (χ4n) is 1.75. The summed E-state index contributed by atoms with van der Waals surface area (Å²) >= 11 is 0. The molecule has 0 aliphatic heterocycles. The van der Waals surface area contributed by atoms with E-state index in [9.17, 15) is 22.4 Å². The van der Waals surface area contributed by atoms with E-state index in [1.54, 1.807) is 0 Å². The molecule has 0 fully saturated rings. The predicted molar refractivity (Wildman–Crippen MR) is 84.9 cm³/mol. The zero-order valence-electron chi connectivity index (χ0n) is 12.5. The Bertz CT molecular complexity index is 867. The maximum absolute atomic E-state index is 12.9. The zero-order chi connectivity index (χ0) is 17.7. The predicted octanol–water partition coefficient (Wildman–Crippen LogP) is 1.41. The Morgan fingerprint density at radius 1 is 1.00 bits per heavy atom. The Morgan fingerprint density at radius 2 is 1.67 bits per heavy atom. The molecule has 0 aliphatic carbocycles. The molecule has 126 valence electrons. The molecule has 2 rings (SSSR count). The van der Waals surface area contributed by atoms with Crippen LogP contribution in [0.4, 0.5) is 10.1 Å². The molecule has 9 heteroatoms. The normalized spacial score (nSPS) is 10.8. The molecular weight excluding hydrogens is 337 g/mol. The van der Waals surface area contributed by atoms with Crippen LogP contribution in [-0.2, 0) is 14.8 Å². The smallest absolute Gasteiger partial charge is 0.269 e. The summed E-state index contributed by atoms with van der Waals surface area (Å²) < 4.78 is 39.8. The van der Waals surface area contributed by atoms with E-state index in [0.29, 0.717) is 0 Å². The Morgan fingerprint density at radius 3 is 2.29 bits per heavy atom. The molecular formula is C15H14FN3O4S. The molecule has 7 nitrogen and oxygen atoms in total. The van der Waals surface area contributed by atoms with E-state index < -0.39 is 27.7 Å². The highest BCUT2D eigenvalue weighted by atomic mass is 32.2. The quantitative estimate of drug-likeness (QED) is 0.724. The van der Waals surface area contributed by atoms with E-state index in [2.05, 4.69) is 15.6 Å². The second kappa shape index (κ2) is 7.09. The number of hydrazine groups is 1. The van der Waals surface area contributed by atoms with E-state index in [1.165, 1.54) is 37.3 Å². The minimum atomic E-state index is -3.95. The fraction of sp³-hybridized carbons (Fsp3) is 0.0667. The van der Waals surface area contributed by atoms with Crippen molar-refractivity contribution >= 4 is 27.5 Å². The van der Waals surface area contributed by atoms with Crippen LogP contribution in [-0.4, -0.2) is 20.2 Å². The molecule has 0 saturated carbocycles. The van der Waals surface area contributed by atoms with Crippen LogP contribution < -0.4 is 15.6 Å². The minimum Gasteiger partial charge on any atom is -0.280 e. The zero-order valence-corrected chi connectivity index (χ0v) is 13.4. The number of halogens is 1. The second-order valence-corrected chi connectivity index (χ2v) is 6.46. The fourth-order valence-corrected chi connectivity index (χ4v) is 2.86. The van der Waals surface area contributed by atoms with Crippen LogP contribution in [0.15, 0.2) is 53.4 Å². The molecule has 0 bridgehead atoms. The topological polar surface area (TPSA) is 104 Å². The van der Waals surface area contributed by atoms with Crippen molar-refractivity contribution in [3.63, 3.8) is 0 Å². The number of amides is 2. The summed E-state index contributed by atoms with van der Waals surface area (Å²) in [7, 11) is -3.95. The Balaban J connectivity index is 2.21. The molecule has 2 aromatic carbocycles. The molecule has 0 saturated heterocycles. The van der Waals surface area contributed by atoms with Crippen LogP contribution in [0.3, 0.4) is 0 Å². The number of hydrogen-bond donors (Lipinski definition) is 3. The summed E-state index contributed by atoms with van der Waals surface area (Å²) in [5.74, 6) is -1.62. The number of anilines is 1. The van der Waals surface area contributed by atoms with Crippen molar-refractivity contribution in [2.75, 3.05) is 4.72 Å². The van der Waals surface area contributed by atoms with Crippen molar-refractivity contribution in [1.82, 2.24) is 10.9 Å². The first-order chi connectivity index (χ1) is 11.3. The molecule has 3 N–H and O–H groups in total. The molecule has 0 unspecified atom stereocenters. The largest absolute Gasteiger partial charge is 0.280 e. The van der Waals surface area contributed by atoms with Crippen LogP contribution in [0.5, 0.6) is 0 Å². The van der Waals surface area contributed by atoms with Crippen molar-refractivity contribution in [2.24, 2.45) is 0 Å². The van der Waals surface area contributed by atoms with Crippen LogP contribution in [0.25, 0.3) is 0 Å². The van der Waals surface area contributed by atoms with E-state index in [-0.39, 0.29) is 16.1 Å². The molecule has 0 atom stereocenters. The second-order valence-electron chi connectivity index (χ2n) is 4.78. The van der Waals surface area contributed by atoms with Crippen molar-refractivity contribution in [3.05, 3.63) is 59.9 Å². The number of hydrogen-bond acceptors (Lipinski definition) is 4. The van der Waals surface area contributed by atoms with Gasteiger partial charge in [-0.2, -0.15) is 0 Å². The first kappa shape index (κ1) is 17.4. The van der Waals surface area contributed by atoms with Gasteiger partial charge in [0.2, 0.25) is 5.91 Å².